The van der Waals surface area contributed by atoms with E-state index in [1.165, 1.54) is 0 Å². The van der Waals surface area contributed by atoms with Crippen LogP contribution in [0.4, 0.5) is 5.82 Å². The Balaban J connectivity index is 2.11. The first-order chi connectivity index (χ1) is 8.63. The van der Waals surface area contributed by atoms with Gasteiger partial charge in [-0.25, -0.2) is 4.98 Å². The fourth-order valence-electron chi connectivity index (χ4n) is 1.98. The lowest BCUT2D eigenvalue weighted by molar-refractivity contribution is 0.401. The molecule has 0 aromatic carbocycles. The van der Waals surface area contributed by atoms with Crippen LogP contribution in [0.25, 0.3) is 4.96 Å². The van der Waals surface area contributed by atoms with Gasteiger partial charge in [-0.2, -0.15) is 0 Å². The van der Waals surface area contributed by atoms with Crippen LogP contribution in [-0.4, -0.2) is 48.5 Å². The molecule has 0 unspecified atom stereocenters. The molecule has 0 saturated heterocycles. The molecule has 2 rings (SSSR count). The van der Waals surface area contributed by atoms with Crippen LogP contribution < -0.4 is 4.90 Å². The standard InChI is InChI=1S/C12H19ClN4S/c1-15(2)5-4-6-16(3)11-10(9-13)17-7-8-18-12(17)14-11/h7-8H,4-6,9H2,1-3H3. The van der Waals surface area contributed by atoms with Crippen LogP contribution in [-0.2, 0) is 5.88 Å². The van der Waals surface area contributed by atoms with Gasteiger partial charge in [0, 0.05) is 25.2 Å². The van der Waals surface area contributed by atoms with E-state index in [1.54, 1.807) is 11.3 Å². The van der Waals surface area contributed by atoms with Crippen molar-refractivity contribution >= 4 is 33.7 Å². The summed E-state index contributed by atoms with van der Waals surface area (Å²) in [6.07, 6.45) is 3.15. The predicted molar refractivity (Wildman–Crippen MR) is 79.1 cm³/mol. The smallest absolute Gasteiger partial charge is 0.195 e. The first kappa shape index (κ1) is 13.6. The topological polar surface area (TPSA) is 23.8 Å². The highest BCUT2D eigenvalue weighted by molar-refractivity contribution is 7.15. The molecule has 0 aliphatic rings. The predicted octanol–water partition coefficient (Wildman–Crippen LogP) is 2.52. The molecule has 100 valence electrons. The molecule has 0 aliphatic heterocycles. The van der Waals surface area contributed by atoms with E-state index >= 15 is 0 Å². The minimum Gasteiger partial charge on any atom is -0.358 e. The van der Waals surface area contributed by atoms with Gasteiger partial charge in [0.25, 0.3) is 0 Å². The molecule has 0 radical (unpaired) electrons. The first-order valence-electron chi connectivity index (χ1n) is 5.99. The molecule has 6 heteroatoms. The van der Waals surface area contributed by atoms with Crippen LogP contribution in [0.1, 0.15) is 12.1 Å². The largest absolute Gasteiger partial charge is 0.358 e. The third-order valence-electron chi connectivity index (χ3n) is 2.93. The number of halogens is 1. The minimum absolute atomic E-state index is 0.491. The quantitative estimate of drug-likeness (QED) is 0.763. The zero-order valence-electron chi connectivity index (χ0n) is 11.1. The molecule has 2 heterocycles. The van der Waals surface area contributed by atoms with Crippen molar-refractivity contribution in [2.24, 2.45) is 0 Å². The Morgan fingerprint density at radius 2 is 2.11 bits per heavy atom. The number of thiazole rings is 1. The van der Waals surface area contributed by atoms with E-state index in [-0.39, 0.29) is 0 Å². The summed E-state index contributed by atoms with van der Waals surface area (Å²) < 4.78 is 2.08. The molecule has 0 bridgehead atoms. The highest BCUT2D eigenvalue weighted by Crippen LogP contribution is 2.25. The van der Waals surface area contributed by atoms with Crippen molar-refractivity contribution in [1.82, 2.24) is 14.3 Å². The average Bonchev–Trinajstić information content (AvgIpc) is 2.87. The van der Waals surface area contributed by atoms with Crippen molar-refractivity contribution in [2.45, 2.75) is 12.3 Å². The minimum atomic E-state index is 0.491. The number of nitrogens with zero attached hydrogens (tertiary/aromatic N) is 4. The Kier molecular flexibility index (Phi) is 4.48. The molecule has 0 saturated carbocycles. The van der Waals surface area contributed by atoms with E-state index in [2.05, 4.69) is 40.3 Å². The van der Waals surface area contributed by atoms with E-state index in [1.807, 2.05) is 11.6 Å². The molecule has 4 nitrogen and oxygen atoms in total. The summed E-state index contributed by atoms with van der Waals surface area (Å²) in [5.74, 6) is 1.50. The van der Waals surface area contributed by atoms with Gasteiger partial charge in [0.2, 0.25) is 0 Å². The Bertz CT molecular complexity index is 505. The number of hydrogen-bond acceptors (Lipinski definition) is 4. The van der Waals surface area contributed by atoms with Crippen LogP contribution >= 0.6 is 22.9 Å². The fraction of sp³-hybridized carbons (Fsp3) is 0.583. The number of alkyl halides is 1. The van der Waals surface area contributed by atoms with Crippen molar-refractivity contribution in [1.29, 1.82) is 0 Å². The number of anilines is 1. The summed E-state index contributed by atoms with van der Waals surface area (Å²) in [7, 11) is 6.27. The van der Waals surface area contributed by atoms with Crippen molar-refractivity contribution in [3.63, 3.8) is 0 Å². The van der Waals surface area contributed by atoms with Gasteiger partial charge in [-0.1, -0.05) is 0 Å². The molecule has 0 spiro atoms. The summed E-state index contributed by atoms with van der Waals surface area (Å²) in [6, 6.07) is 0. The van der Waals surface area contributed by atoms with E-state index in [0.29, 0.717) is 5.88 Å². The van der Waals surface area contributed by atoms with Crippen LogP contribution in [0.5, 0.6) is 0 Å². The van der Waals surface area contributed by atoms with Gasteiger partial charge in [0.1, 0.15) is 0 Å². The lowest BCUT2D eigenvalue weighted by Gasteiger charge is -2.19. The van der Waals surface area contributed by atoms with E-state index < -0.39 is 0 Å². The van der Waals surface area contributed by atoms with Gasteiger partial charge in [0.15, 0.2) is 10.8 Å². The second-order valence-electron chi connectivity index (χ2n) is 4.65. The lowest BCUT2D eigenvalue weighted by atomic mass is 10.3. The van der Waals surface area contributed by atoms with Crippen molar-refractivity contribution in [2.75, 3.05) is 39.1 Å². The van der Waals surface area contributed by atoms with Crippen molar-refractivity contribution < 1.29 is 0 Å². The van der Waals surface area contributed by atoms with Gasteiger partial charge in [0.05, 0.1) is 11.6 Å². The number of imidazole rings is 1. The molecule has 2 aromatic heterocycles. The monoisotopic (exact) mass is 286 g/mol. The average molecular weight is 287 g/mol. The number of fused-ring (bicyclic) bond motifs is 1. The highest BCUT2D eigenvalue weighted by atomic mass is 35.5. The van der Waals surface area contributed by atoms with Crippen LogP contribution in [0.2, 0.25) is 0 Å². The molecule has 0 aliphatic carbocycles. The molecular weight excluding hydrogens is 268 g/mol. The van der Waals surface area contributed by atoms with Crippen LogP contribution in [0.15, 0.2) is 11.6 Å². The summed E-state index contributed by atoms with van der Waals surface area (Å²) in [5.41, 5.74) is 1.08. The second kappa shape index (κ2) is 5.91. The number of hydrogen-bond donors (Lipinski definition) is 0. The second-order valence-corrected chi connectivity index (χ2v) is 5.79. The van der Waals surface area contributed by atoms with Gasteiger partial charge < -0.3 is 9.80 Å². The maximum Gasteiger partial charge on any atom is 0.195 e. The summed E-state index contributed by atoms with van der Waals surface area (Å²) in [6.45, 7) is 2.08. The van der Waals surface area contributed by atoms with E-state index in [4.69, 9.17) is 11.6 Å². The normalized spacial score (nSPS) is 11.6. The first-order valence-corrected chi connectivity index (χ1v) is 7.41. The Morgan fingerprint density at radius 3 is 2.78 bits per heavy atom. The zero-order valence-corrected chi connectivity index (χ0v) is 12.6. The fourth-order valence-corrected chi connectivity index (χ4v) is 2.96. The summed E-state index contributed by atoms with van der Waals surface area (Å²) in [4.78, 5) is 10.1. The van der Waals surface area contributed by atoms with E-state index in [0.717, 1.165) is 36.0 Å². The zero-order chi connectivity index (χ0) is 13.1. The highest BCUT2D eigenvalue weighted by Gasteiger charge is 2.15. The molecule has 0 amide bonds. The van der Waals surface area contributed by atoms with Gasteiger partial charge >= 0.3 is 0 Å². The van der Waals surface area contributed by atoms with Crippen LogP contribution in [0, 0.1) is 0 Å². The summed E-state index contributed by atoms with van der Waals surface area (Å²) in [5, 5.41) is 2.04. The third kappa shape index (κ3) is 2.79. The van der Waals surface area contributed by atoms with Gasteiger partial charge in [-0.05, 0) is 27.1 Å². The Morgan fingerprint density at radius 1 is 1.33 bits per heavy atom. The maximum absolute atomic E-state index is 6.05. The molecule has 2 aromatic rings. The maximum atomic E-state index is 6.05. The molecule has 0 N–H and O–H groups in total. The number of aromatic nitrogens is 2. The Hall–Kier alpha value is -0.780. The third-order valence-corrected chi connectivity index (χ3v) is 3.94. The summed E-state index contributed by atoms with van der Waals surface area (Å²) >= 11 is 7.69. The van der Waals surface area contributed by atoms with Crippen molar-refractivity contribution in [3.05, 3.63) is 17.3 Å². The van der Waals surface area contributed by atoms with Gasteiger partial charge in [-0.15, -0.1) is 22.9 Å². The molecule has 18 heavy (non-hydrogen) atoms. The molecular formula is C12H19ClN4S. The number of rotatable bonds is 6. The SMILES string of the molecule is CN(C)CCCN(C)c1nc2sccn2c1CCl. The molecule has 0 atom stereocenters. The molecule has 0 fully saturated rings. The van der Waals surface area contributed by atoms with Gasteiger partial charge in [-0.3, -0.25) is 4.40 Å². The Labute approximate surface area is 117 Å². The lowest BCUT2D eigenvalue weighted by Crippen LogP contribution is -2.24. The van der Waals surface area contributed by atoms with Crippen LogP contribution in [0.3, 0.4) is 0 Å². The van der Waals surface area contributed by atoms with E-state index in [9.17, 15) is 0 Å². The van der Waals surface area contributed by atoms with Crippen molar-refractivity contribution in [3.8, 4) is 0 Å².